The maximum Gasteiger partial charge on any atom is 0.267 e. The van der Waals surface area contributed by atoms with Gasteiger partial charge < -0.3 is 0 Å². The molecule has 2 aromatic carbocycles. The van der Waals surface area contributed by atoms with Crippen LogP contribution >= 0.6 is 0 Å². The second-order valence-electron chi connectivity index (χ2n) is 4.17. The monoisotopic (exact) mass is 261 g/mol. The van der Waals surface area contributed by atoms with Crippen LogP contribution in [0.5, 0.6) is 0 Å². The van der Waals surface area contributed by atoms with E-state index in [-0.39, 0.29) is 12.5 Å². The predicted molar refractivity (Wildman–Crippen MR) is 73.1 cm³/mol. The summed E-state index contributed by atoms with van der Waals surface area (Å²) >= 11 is 0. The summed E-state index contributed by atoms with van der Waals surface area (Å²) in [5, 5.41) is 17.8. The first-order chi connectivity index (χ1) is 9.74. The summed E-state index contributed by atoms with van der Waals surface area (Å²) in [6, 6.07) is 17.5. The van der Waals surface area contributed by atoms with Gasteiger partial charge in [-0.25, -0.2) is 4.90 Å². The summed E-state index contributed by atoms with van der Waals surface area (Å²) < 4.78 is 0. The highest BCUT2D eigenvalue weighted by Crippen LogP contribution is 2.10. The Labute approximate surface area is 117 Å². The molecule has 0 heterocycles. The van der Waals surface area contributed by atoms with E-state index in [4.69, 9.17) is 10.5 Å². The molecular weight excluding hydrogens is 250 g/mol. The summed E-state index contributed by atoms with van der Waals surface area (Å²) in [6.07, 6.45) is 1.90. The fourth-order valence-electron chi connectivity index (χ4n) is 1.76. The van der Waals surface area contributed by atoms with Crippen molar-refractivity contribution in [3.05, 3.63) is 71.3 Å². The van der Waals surface area contributed by atoms with Gasteiger partial charge in [0.2, 0.25) is 0 Å². The number of amides is 1. The van der Waals surface area contributed by atoms with Crippen LogP contribution in [0.1, 0.15) is 21.5 Å². The van der Waals surface area contributed by atoms with E-state index in [1.807, 2.05) is 42.6 Å². The summed E-state index contributed by atoms with van der Waals surface area (Å²) in [5.74, 6) is -0.374. The first-order valence-electron chi connectivity index (χ1n) is 6.00. The molecule has 0 aliphatic carbocycles. The average molecular weight is 261 g/mol. The number of nitriles is 2. The van der Waals surface area contributed by atoms with Gasteiger partial charge in [0.25, 0.3) is 5.91 Å². The minimum atomic E-state index is -0.374. The van der Waals surface area contributed by atoms with Crippen LogP contribution in [0.15, 0.2) is 54.6 Å². The number of benzene rings is 2. The topological polar surface area (TPSA) is 67.9 Å². The molecule has 0 N–H and O–H groups in total. The van der Waals surface area contributed by atoms with Crippen molar-refractivity contribution in [3.8, 4) is 12.3 Å². The first-order valence-corrected chi connectivity index (χ1v) is 6.00. The molecule has 0 aromatic heterocycles. The van der Waals surface area contributed by atoms with E-state index in [1.54, 1.807) is 24.3 Å². The zero-order valence-corrected chi connectivity index (χ0v) is 10.7. The Hall–Kier alpha value is -3.11. The molecule has 2 rings (SSSR count). The van der Waals surface area contributed by atoms with E-state index in [1.165, 1.54) is 0 Å². The molecule has 1 amide bonds. The molecule has 4 heteroatoms. The van der Waals surface area contributed by atoms with E-state index >= 15 is 0 Å². The molecule has 0 radical (unpaired) electrons. The Bertz CT molecular complexity index is 678. The normalized spacial score (nSPS) is 9.30. The lowest BCUT2D eigenvalue weighted by molar-refractivity contribution is 0.0824. The highest BCUT2D eigenvalue weighted by Gasteiger charge is 2.15. The van der Waals surface area contributed by atoms with Crippen LogP contribution in [-0.4, -0.2) is 10.8 Å². The Morgan fingerprint density at radius 1 is 1.00 bits per heavy atom. The van der Waals surface area contributed by atoms with Crippen molar-refractivity contribution in [2.45, 2.75) is 6.54 Å². The van der Waals surface area contributed by atoms with E-state index in [0.717, 1.165) is 10.5 Å². The van der Waals surface area contributed by atoms with Gasteiger partial charge in [-0.05, 0) is 29.8 Å². The highest BCUT2D eigenvalue weighted by molar-refractivity contribution is 5.95. The van der Waals surface area contributed by atoms with Crippen molar-refractivity contribution in [3.63, 3.8) is 0 Å². The standard InChI is InChI=1S/C16H11N3O/c17-10-13-6-8-15(9-7-13)16(20)19(12-18)11-14-4-2-1-3-5-14/h1-9H,11H2. The molecule has 20 heavy (non-hydrogen) atoms. The number of rotatable bonds is 3. The molecular formula is C16H11N3O. The average Bonchev–Trinajstić information content (AvgIpc) is 2.53. The van der Waals surface area contributed by atoms with Crippen molar-refractivity contribution in [2.24, 2.45) is 0 Å². The number of nitrogens with zero attached hydrogens (tertiary/aromatic N) is 3. The quantitative estimate of drug-likeness (QED) is 0.630. The molecule has 0 saturated heterocycles. The zero-order chi connectivity index (χ0) is 14.4. The van der Waals surface area contributed by atoms with Crippen molar-refractivity contribution >= 4 is 5.91 Å². The Morgan fingerprint density at radius 2 is 1.65 bits per heavy atom. The Balaban J connectivity index is 2.17. The molecule has 4 nitrogen and oxygen atoms in total. The number of carbonyl (C=O) groups is 1. The fraction of sp³-hybridized carbons (Fsp3) is 0.0625. The summed E-state index contributed by atoms with van der Waals surface area (Å²) in [5.41, 5.74) is 1.76. The van der Waals surface area contributed by atoms with Crippen molar-refractivity contribution in [1.29, 1.82) is 10.5 Å². The van der Waals surface area contributed by atoms with E-state index < -0.39 is 0 Å². The van der Waals surface area contributed by atoms with Gasteiger partial charge in [-0.1, -0.05) is 30.3 Å². The Kier molecular flexibility index (Phi) is 4.11. The Morgan fingerprint density at radius 3 is 2.20 bits per heavy atom. The van der Waals surface area contributed by atoms with Crippen LogP contribution < -0.4 is 0 Å². The second-order valence-corrected chi connectivity index (χ2v) is 4.17. The molecule has 0 spiro atoms. The van der Waals surface area contributed by atoms with Crippen LogP contribution in [-0.2, 0) is 6.54 Å². The maximum absolute atomic E-state index is 12.2. The number of carbonyl (C=O) groups excluding carboxylic acids is 1. The summed E-state index contributed by atoms with van der Waals surface area (Å²) in [7, 11) is 0. The smallest absolute Gasteiger partial charge is 0.267 e. The van der Waals surface area contributed by atoms with Gasteiger partial charge >= 0.3 is 0 Å². The third-order valence-electron chi connectivity index (χ3n) is 2.81. The van der Waals surface area contributed by atoms with Gasteiger partial charge in [-0.15, -0.1) is 0 Å². The molecule has 96 valence electrons. The molecule has 2 aromatic rings. The first kappa shape index (κ1) is 13.3. The van der Waals surface area contributed by atoms with Gasteiger partial charge in [-0.2, -0.15) is 10.5 Å². The SMILES string of the molecule is N#Cc1ccc(C(=O)N(C#N)Cc2ccccc2)cc1. The van der Waals surface area contributed by atoms with Gasteiger partial charge in [0.1, 0.15) is 0 Å². The van der Waals surface area contributed by atoms with E-state index in [2.05, 4.69) is 0 Å². The van der Waals surface area contributed by atoms with Crippen molar-refractivity contribution in [1.82, 2.24) is 4.90 Å². The molecule has 0 saturated carbocycles. The zero-order valence-electron chi connectivity index (χ0n) is 10.7. The maximum atomic E-state index is 12.2. The van der Waals surface area contributed by atoms with Gasteiger partial charge in [0.15, 0.2) is 6.19 Å². The third kappa shape index (κ3) is 3.01. The molecule has 0 atom stereocenters. The number of hydrogen-bond acceptors (Lipinski definition) is 3. The summed E-state index contributed by atoms with van der Waals surface area (Å²) in [4.78, 5) is 13.3. The van der Waals surface area contributed by atoms with Gasteiger partial charge in [0.05, 0.1) is 18.2 Å². The van der Waals surface area contributed by atoms with Crippen LogP contribution in [0, 0.1) is 22.8 Å². The van der Waals surface area contributed by atoms with E-state index in [0.29, 0.717) is 11.1 Å². The highest BCUT2D eigenvalue weighted by atomic mass is 16.2. The van der Waals surface area contributed by atoms with Crippen LogP contribution in [0.3, 0.4) is 0 Å². The molecule has 0 fully saturated rings. The molecule has 0 aliphatic rings. The lowest BCUT2D eigenvalue weighted by atomic mass is 10.1. The van der Waals surface area contributed by atoms with Gasteiger partial charge in [-0.3, -0.25) is 4.79 Å². The number of hydrogen-bond donors (Lipinski definition) is 0. The second kappa shape index (κ2) is 6.17. The predicted octanol–water partition coefficient (Wildman–Crippen LogP) is 2.68. The third-order valence-corrected chi connectivity index (χ3v) is 2.81. The molecule has 0 aliphatic heterocycles. The van der Waals surface area contributed by atoms with Crippen molar-refractivity contribution in [2.75, 3.05) is 0 Å². The van der Waals surface area contributed by atoms with Gasteiger partial charge in [0, 0.05) is 5.56 Å². The molecule has 0 unspecified atom stereocenters. The van der Waals surface area contributed by atoms with Crippen LogP contribution in [0.25, 0.3) is 0 Å². The lowest BCUT2D eigenvalue weighted by Crippen LogP contribution is -2.25. The summed E-state index contributed by atoms with van der Waals surface area (Å²) in [6.45, 7) is 0.232. The minimum absolute atomic E-state index is 0.232. The fourth-order valence-corrected chi connectivity index (χ4v) is 1.76. The van der Waals surface area contributed by atoms with Crippen molar-refractivity contribution < 1.29 is 4.79 Å². The van der Waals surface area contributed by atoms with Crippen LogP contribution in [0.4, 0.5) is 0 Å². The molecule has 0 bridgehead atoms. The largest absolute Gasteiger partial charge is 0.268 e. The van der Waals surface area contributed by atoms with E-state index in [9.17, 15) is 4.79 Å². The lowest BCUT2D eigenvalue weighted by Gasteiger charge is -2.13. The minimum Gasteiger partial charge on any atom is -0.268 e. The van der Waals surface area contributed by atoms with Crippen LogP contribution in [0.2, 0.25) is 0 Å².